The molecule has 0 bridgehead atoms. The molecule has 1 aromatic heterocycles. The number of methoxy groups -OCH3 is 1. The van der Waals surface area contributed by atoms with Crippen LogP contribution >= 0.6 is 0 Å². The van der Waals surface area contributed by atoms with Crippen LogP contribution in [0.2, 0.25) is 0 Å². The van der Waals surface area contributed by atoms with E-state index in [1.54, 1.807) is 7.11 Å². The first-order valence-corrected chi connectivity index (χ1v) is 6.55. The van der Waals surface area contributed by atoms with Crippen LogP contribution in [0.5, 0.6) is 11.5 Å². The van der Waals surface area contributed by atoms with E-state index in [0.717, 1.165) is 36.6 Å². The second-order valence-electron chi connectivity index (χ2n) is 4.88. The SMILES string of the molecule is COc1ccc2c(c1)OCC(Cc1ccccn1)C2. The molecule has 0 saturated heterocycles. The zero-order valence-corrected chi connectivity index (χ0v) is 11.0. The summed E-state index contributed by atoms with van der Waals surface area (Å²) in [4.78, 5) is 4.38. The molecule has 0 aliphatic carbocycles. The molecular formula is C16H17NO2. The Morgan fingerprint density at radius 2 is 2.26 bits per heavy atom. The summed E-state index contributed by atoms with van der Waals surface area (Å²) in [6.07, 6.45) is 3.85. The zero-order valence-electron chi connectivity index (χ0n) is 11.0. The predicted molar refractivity (Wildman–Crippen MR) is 73.6 cm³/mol. The third-order valence-electron chi connectivity index (χ3n) is 3.48. The lowest BCUT2D eigenvalue weighted by Gasteiger charge is -2.25. The summed E-state index contributed by atoms with van der Waals surface area (Å²) in [5, 5.41) is 0. The second-order valence-corrected chi connectivity index (χ2v) is 4.88. The number of ether oxygens (including phenoxy) is 2. The van der Waals surface area contributed by atoms with Gasteiger partial charge in [0.1, 0.15) is 11.5 Å². The van der Waals surface area contributed by atoms with Gasteiger partial charge in [0.2, 0.25) is 0 Å². The lowest BCUT2D eigenvalue weighted by atomic mass is 9.92. The molecule has 1 aliphatic rings. The van der Waals surface area contributed by atoms with Crippen LogP contribution in [0.3, 0.4) is 0 Å². The zero-order chi connectivity index (χ0) is 13.1. The highest BCUT2D eigenvalue weighted by atomic mass is 16.5. The van der Waals surface area contributed by atoms with Crippen LogP contribution in [0.15, 0.2) is 42.6 Å². The largest absolute Gasteiger partial charge is 0.497 e. The minimum atomic E-state index is 0.496. The molecule has 0 radical (unpaired) electrons. The van der Waals surface area contributed by atoms with Gasteiger partial charge in [-0.05, 0) is 36.6 Å². The minimum absolute atomic E-state index is 0.496. The maximum Gasteiger partial charge on any atom is 0.126 e. The van der Waals surface area contributed by atoms with Gasteiger partial charge in [-0.25, -0.2) is 0 Å². The average Bonchev–Trinajstić information content (AvgIpc) is 2.48. The summed E-state index contributed by atoms with van der Waals surface area (Å²) in [6.45, 7) is 0.747. The van der Waals surface area contributed by atoms with E-state index in [2.05, 4.69) is 17.1 Å². The van der Waals surface area contributed by atoms with Crippen molar-refractivity contribution in [3.63, 3.8) is 0 Å². The van der Waals surface area contributed by atoms with Gasteiger partial charge in [0.25, 0.3) is 0 Å². The summed E-state index contributed by atoms with van der Waals surface area (Å²) in [6, 6.07) is 12.1. The van der Waals surface area contributed by atoms with Gasteiger partial charge >= 0.3 is 0 Å². The molecule has 2 aromatic rings. The van der Waals surface area contributed by atoms with Crippen molar-refractivity contribution in [3.05, 3.63) is 53.9 Å². The number of rotatable bonds is 3. The number of fused-ring (bicyclic) bond motifs is 1. The molecule has 1 aromatic carbocycles. The van der Waals surface area contributed by atoms with Gasteiger partial charge in [0.05, 0.1) is 13.7 Å². The van der Waals surface area contributed by atoms with E-state index in [9.17, 15) is 0 Å². The predicted octanol–water partition coefficient (Wildman–Crippen LogP) is 2.88. The molecule has 2 heterocycles. The van der Waals surface area contributed by atoms with Crippen molar-refractivity contribution >= 4 is 0 Å². The smallest absolute Gasteiger partial charge is 0.126 e. The Balaban J connectivity index is 1.72. The Hall–Kier alpha value is -2.03. The quantitative estimate of drug-likeness (QED) is 0.845. The second kappa shape index (κ2) is 5.31. The third kappa shape index (κ3) is 2.70. The summed E-state index contributed by atoms with van der Waals surface area (Å²) >= 11 is 0. The standard InChI is InChI=1S/C16H17NO2/c1-18-15-6-5-13-8-12(11-19-16(13)10-15)9-14-4-2-3-7-17-14/h2-7,10,12H,8-9,11H2,1H3. The number of nitrogens with zero attached hydrogens (tertiary/aromatic N) is 1. The molecule has 3 rings (SSSR count). The molecule has 0 saturated carbocycles. The fraction of sp³-hybridized carbons (Fsp3) is 0.312. The molecule has 1 atom stereocenters. The van der Waals surface area contributed by atoms with Gasteiger partial charge in [-0.2, -0.15) is 0 Å². The fourth-order valence-electron chi connectivity index (χ4n) is 2.49. The maximum atomic E-state index is 5.84. The Morgan fingerprint density at radius 3 is 3.05 bits per heavy atom. The van der Waals surface area contributed by atoms with E-state index >= 15 is 0 Å². The van der Waals surface area contributed by atoms with E-state index < -0.39 is 0 Å². The minimum Gasteiger partial charge on any atom is -0.497 e. The summed E-state index contributed by atoms with van der Waals surface area (Å²) in [5.41, 5.74) is 2.39. The van der Waals surface area contributed by atoms with E-state index in [4.69, 9.17) is 9.47 Å². The molecule has 3 heteroatoms. The van der Waals surface area contributed by atoms with E-state index in [1.165, 1.54) is 5.56 Å². The first kappa shape index (κ1) is 12.0. The van der Waals surface area contributed by atoms with E-state index in [1.807, 2.05) is 30.5 Å². The van der Waals surface area contributed by atoms with Crippen LogP contribution in [0.4, 0.5) is 0 Å². The summed E-state index contributed by atoms with van der Waals surface area (Å²) in [7, 11) is 1.68. The van der Waals surface area contributed by atoms with Crippen LogP contribution in [0, 0.1) is 5.92 Å². The molecule has 0 N–H and O–H groups in total. The highest BCUT2D eigenvalue weighted by Gasteiger charge is 2.20. The van der Waals surface area contributed by atoms with Gasteiger partial charge in [-0.1, -0.05) is 12.1 Å². The molecule has 0 spiro atoms. The van der Waals surface area contributed by atoms with Crippen LogP contribution in [0.1, 0.15) is 11.3 Å². The number of pyridine rings is 1. The van der Waals surface area contributed by atoms with Crippen molar-refractivity contribution in [2.45, 2.75) is 12.8 Å². The van der Waals surface area contributed by atoms with Crippen molar-refractivity contribution in [1.82, 2.24) is 4.98 Å². The Morgan fingerprint density at radius 1 is 1.32 bits per heavy atom. The Kier molecular flexibility index (Phi) is 3.36. The highest BCUT2D eigenvalue weighted by molar-refractivity contribution is 5.42. The lowest BCUT2D eigenvalue weighted by molar-refractivity contribution is 0.219. The third-order valence-corrected chi connectivity index (χ3v) is 3.48. The number of hydrogen-bond acceptors (Lipinski definition) is 3. The number of hydrogen-bond donors (Lipinski definition) is 0. The molecule has 98 valence electrons. The van der Waals surface area contributed by atoms with Gasteiger partial charge in [-0.3, -0.25) is 4.98 Å². The molecular weight excluding hydrogens is 238 g/mol. The van der Waals surface area contributed by atoms with E-state index in [-0.39, 0.29) is 0 Å². The van der Waals surface area contributed by atoms with Crippen molar-refractivity contribution < 1.29 is 9.47 Å². The molecule has 3 nitrogen and oxygen atoms in total. The molecule has 19 heavy (non-hydrogen) atoms. The van der Waals surface area contributed by atoms with Gasteiger partial charge in [0.15, 0.2) is 0 Å². The van der Waals surface area contributed by atoms with Gasteiger partial charge in [0, 0.05) is 23.9 Å². The van der Waals surface area contributed by atoms with Crippen molar-refractivity contribution in [2.75, 3.05) is 13.7 Å². The highest BCUT2D eigenvalue weighted by Crippen LogP contribution is 2.31. The molecule has 1 unspecified atom stereocenters. The summed E-state index contributed by atoms with van der Waals surface area (Å²) in [5.74, 6) is 2.30. The monoisotopic (exact) mass is 255 g/mol. The first-order valence-electron chi connectivity index (χ1n) is 6.55. The average molecular weight is 255 g/mol. The first-order chi connectivity index (χ1) is 9.35. The number of aromatic nitrogens is 1. The van der Waals surface area contributed by atoms with Crippen LogP contribution in [0.25, 0.3) is 0 Å². The van der Waals surface area contributed by atoms with Crippen LogP contribution in [-0.4, -0.2) is 18.7 Å². The Bertz CT molecular complexity index is 554. The summed E-state index contributed by atoms with van der Waals surface area (Å²) < 4.78 is 11.1. The molecule has 0 fully saturated rings. The maximum absolute atomic E-state index is 5.84. The lowest BCUT2D eigenvalue weighted by Crippen LogP contribution is -2.23. The molecule has 0 amide bonds. The van der Waals surface area contributed by atoms with Crippen molar-refractivity contribution in [3.8, 4) is 11.5 Å². The molecule has 1 aliphatic heterocycles. The topological polar surface area (TPSA) is 31.4 Å². The van der Waals surface area contributed by atoms with Gasteiger partial charge < -0.3 is 9.47 Å². The normalized spacial score (nSPS) is 17.4. The van der Waals surface area contributed by atoms with E-state index in [0.29, 0.717) is 5.92 Å². The van der Waals surface area contributed by atoms with Crippen molar-refractivity contribution in [1.29, 1.82) is 0 Å². The Labute approximate surface area is 113 Å². The van der Waals surface area contributed by atoms with Crippen LogP contribution in [-0.2, 0) is 12.8 Å². The van der Waals surface area contributed by atoms with Crippen molar-refractivity contribution in [2.24, 2.45) is 5.92 Å². The number of benzene rings is 1. The van der Waals surface area contributed by atoms with Gasteiger partial charge in [-0.15, -0.1) is 0 Å². The fourth-order valence-corrected chi connectivity index (χ4v) is 2.49. The van der Waals surface area contributed by atoms with Crippen LogP contribution < -0.4 is 9.47 Å².